The summed E-state index contributed by atoms with van der Waals surface area (Å²) in [5.74, 6) is -1.15. The summed E-state index contributed by atoms with van der Waals surface area (Å²) in [7, 11) is 0. The van der Waals surface area contributed by atoms with Crippen LogP contribution in [0.2, 0.25) is 0 Å². The van der Waals surface area contributed by atoms with Gasteiger partial charge in [-0.15, -0.1) is 0 Å². The van der Waals surface area contributed by atoms with E-state index in [2.05, 4.69) is 5.32 Å². The first-order chi connectivity index (χ1) is 11.8. The van der Waals surface area contributed by atoms with Crippen LogP contribution in [0.1, 0.15) is 16.1 Å². The van der Waals surface area contributed by atoms with Crippen molar-refractivity contribution in [3.63, 3.8) is 0 Å². The number of benzene rings is 1. The van der Waals surface area contributed by atoms with Gasteiger partial charge >= 0.3 is 6.18 Å². The SMILES string of the molecule is O=C(CNC(=O)c1occc1COc1ccccc1)NCC(F)(F)F. The first kappa shape index (κ1) is 18.4. The standard InChI is InChI=1S/C16H15F3N2O4/c17-16(18,19)10-21-13(22)8-20-15(23)14-11(6-7-24-14)9-25-12-4-2-1-3-5-12/h1-7H,8-10H2,(H,20,23)(H,21,22). The molecular weight excluding hydrogens is 341 g/mol. The van der Waals surface area contributed by atoms with Crippen molar-refractivity contribution in [2.45, 2.75) is 12.8 Å². The quantitative estimate of drug-likeness (QED) is 0.798. The number of carbonyl (C=O) groups is 2. The maximum atomic E-state index is 12.0. The summed E-state index contributed by atoms with van der Waals surface area (Å²) >= 11 is 0. The van der Waals surface area contributed by atoms with Crippen LogP contribution in [0, 0.1) is 0 Å². The molecule has 2 aromatic rings. The van der Waals surface area contributed by atoms with Crippen LogP contribution in [0.3, 0.4) is 0 Å². The molecule has 0 radical (unpaired) electrons. The number of nitrogens with one attached hydrogen (secondary N) is 2. The predicted molar refractivity (Wildman–Crippen MR) is 80.9 cm³/mol. The van der Waals surface area contributed by atoms with E-state index >= 15 is 0 Å². The Balaban J connectivity index is 1.84. The maximum Gasteiger partial charge on any atom is 0.405 e. The van der Waals surface area contributed by atoms with E-state index in [0.29, 0.717) is 11.3 Å². The van der Waals surface area contributed by atoms with Crippen LogP contribution >= 0.6 is 0 Å². The van der Waals surface area contributed by atoms with E-state index in [1.807, 2.05) is 6.07 Å². The molecule has 0 unspecified atom stereocenters. The molecule has 0 atom stereocenters. The molecule has 0 spiro atoms. The van der Waals surface area contributed by atoms with Gasteiger partial charge in [-0.05, 0) is 18.2 Å². The molecule has 0 aliphatic rings. The van der Waals surface area contributed by atoms with Crippen LogP contribution in [0.15, 0.2) is 47.1 Å². The molecule has 25 heavy (non-hydrogen) atoms. The minimum atomic E-state index is -4.51. The predicted octanol–water partition coefficient (Wildman–Crippen LogP) is 2.27. The number of carbonyl (C=O) groups excluding carboxylic acids is 2. The number of hydrogen-bond donors (Lipinski definition) is 2. The highest BCUT2D eigenvalue weighted by molar-refractivity contribution is 5.95. The lowest BCUT2D eigenvalue weighted by atomic mass is 10.2. The van der Waals surface area contributed by atoms with Gasteiger partial charge in [-0.3, -0.25) is 9.59 Å². The lowest BCUT2D eigenvalue weighted by Gasteiger charge is -2.09. The van der Waals surface area contributed by atoms with Gasteiger partial charge in [0.2, 0.25) is 5.91 Å². The molecule has 9 heteroatoms. The second kappa shape index (κ2) is 8.22. The molecule has 0 aliphatic carbocycles. The van der Waals surface area contributed by atoms with Gasteiger partial charge in [-0.1, -0.05) is 18.2 Å². The van der Waals surface area contributed by atoms with Crippen LogP contribution in [0.25, 0.3) is 0 Å². The van der Waals surface area contributed by atoms with E-state index in [-0.39, 0.29) is 12.4 Å². The van der Waals surface area contributed by atoms with Crippen molar-refractivity contribution in [1.82, 2.24) is 10.6 Å². The average Bonchev–Trinajstić information content (AvgIpc) is 3.05. The molecule has 1 aromatic heterocycles. The third-order valence-electron chi connectivity index (χ3n) is 2.99. The topological polar surface area (TPSA) is 80.6 Å². The Morgan fingerprint density at radius 3 is 2.48 bits per heavy atom. The zero-order valence-corrected chi connectivity index (χ0v) is 12.9. The highest BCUT2D eigenvalue weighted by Gasteiger charge is 2.27. The van der Waals surface area contributed by atoms with Crippen molar-refractivity contribution in [1.29, 1.82) is 0 Å². The third kappa shape index (κ3) is 6.21. The van der Waals surface area contributed by atoms with Crippen molar-refractivity contribution >= 4 is 11.8 Å². The normalized spacial score (nSPS) is 11.0. The molecule has 0 bridgehead atoms. The largest absolute Gasteiger partial charge is 0.489 e. The minimum absolute atomic E-state index is 0.0591. The van der Waals surface area contributed by atoms with Gasteiger partial charge in [0.15, 0.2) is 5.76 Å². The number of alkyl halides is 3. The highest BCUT2D eigenvalue weighted by atomic mass is 19.4. The molecule has 0 aliphatic heterocycles. The molecule has 0 saturated carbocycles. The molecule has 2 N–H and O–H groups in total. The molecule has 6 nitrogen and oxygen atoms in total. The Labute approximate surface area is 141 Å². The fraction of sp³-hybridized carbons (Fsp3) is 0.250. The lowest BCUT2D eigenvalue weighted by molar-refractivity contribution is -0.137. The summed E-state index contributed by atoms with van der Waals surface area (Å²) in [6.07, 6.45) is -3.23. The monoisotopic (exact) mass is 356 g/mol. The molecule has 2 amide bonds. The molecule has 1 heterocycles. The van der Waals surface area contributed by atoms with E-state index < -0.39 is 31.1 Å². The molecule has 0 saturated heterocycles. The van der Waals surface area contributed by atoms with Crippen LogP contribution in [-0.4, -0.2) is 31.1 Å². The summed E-state index contributed by atoms with van der Waals surface area (Å²) in [6, 6.07) is 10.4. The first-order valence-corrected chi connectivity index (χ1v) is 7.21. The van der Waals surface area contributed by atoms with Gasteiger partial charge in [0.25, 0.3) is 5.91 Å². The average molecular weight is 356 g/mol. The van der Waals surface area contributed by atoms with Crippen LogP contribution in [0.4, 0.5) is 13.2 Å². The van der Waals surface area contributed by atoms with Crippen molar-refractivity contribution in [3.05, 3.63) is 54.0 Å². The van der Waals surface area contributed by atoms with Crippen molar-refractivity contribution in [2.75, 3.05) is 13.1 Å². The number of halogens is 3. The molecule has 134 valence electrons. The summed E-state index contributed by atoms with van der Waals surface area (Å²) in [5, 5.41) is 3.84. The minimum Gasteiger partial charge on any atom is -0.489 e. The van der Waals surface area contributed by atoms with Crippen molar-refractivity contribution in [2.24, 2.45) is 0 Å². The number of para-hydroxylation sites is 1. The van der Waals surface area contributed by atoms with Crippen molar-refractivity contribution < 1.29 is 31.9 Å². The summed E-state index contributed by atoms with van der Waals surface area (Å²) in [6.45, 7) is -2.00. The van der Waals surface area contributed by atoms with Gasteiger partial charge in [-0.2, -0.15) is 13.2 Å². The second-order valence-electron chi connectivity index (χ2n) is 4.95. The Kier molecular flexibility index (Phi) is 6.04. The zero-order valence-electron chi connectivity index (χ0n) is 12.9. The number of furan rings is 1. The maximum absolute atomic E-state index is 12.0. The van der Waals surface area contributed by atoms with Crippen molar-refractivity contribution in [3.8, 4) is 5.75 Å². The van der Waals surface area contributed by atoms with E-state index in [9.17, 15) is 22.8 Å². The molecule has 0 fully saturated rings. The zero-order chi connectivity index (χ0) is 18.3. The van der Waals surface area contributed by atoms with Crippen LogP contribution < -0.4 is 15.4 Å². The van der Waals surface area contributed by atoms with E-state index in [1.54, 1.807) is 29.6 Å². The Bertz CT molecular complexity index is 714. The number of hydrogen-bond acceptors (Lipinski definition) is 4. The Hall–Kier alpha value is -2.97. The summed E-state index contributed by atoms with van der Waals surface area (Å²) < 4.78 is 46.5. The Morgan fingerprint density at radius 1 is 1.08 bits per heavy atom. The van der Waals surface area contributed by atoms with Gasteiger partial charge in [-0.25, -0.2) is 0 Å². The number of rotatable bonds is 7. The van der Waals surface area contributed by atoms with E-state index in [1.165, 1.54) is 12.3 Å². The lowest BCUT2D eigenvalue weighted by Crippen LogP contribution is -2.41. The second-order valence-corrected chi connectivity index (χ2v) is 4.95. The highest BCUT2D eigenvalue weighted by Crippen LogP contribution is 2.15. The number of ether oxygens (including phenoxy) is 1. The Morgan fingerprint density at radius 2 is 1.80 bits per heavy atom. The summed E-state index contributed by atoms with van der Waals surface area (Å²) in [5.41, 5.74) is 0.442. The fourth-order valence-electron chi connectivity index (χ4n) is 1.83. The molecular formula is C16H15F3N2O4. The summed E-state index contributed by atoms with van der Waals surface area (Å²) in [4.78, 5) is 23.3. The smallest absolute Gasteiger partial charge is 0.405 e. The van der Waals surface area contributed by atoms with Crippen LogP contribution in [-0.2, 0) is 11.4 Å². The van der Waals surface area contributed by atoms with Crippen LogP contribution in [0.5, 0.6) is 5.75 Å². The van der Waals surface area contributed by atoms with Gasteiger partial charge in [0, 0.05) is 5.56 Å². The van der Waals surface area contributed by atoms with E-state index in [4.69, 9.17) is 9.15 Å². The van der Waals surface area contributed by atoms with Gasteiger partial charge < -0.3 is 19.8 Å². The van der Waals surface area contributed by atoms with E-state index in [0.717, 1.165) is 0 Å². The number of amides is 2. The molecule has 2 rings (SSSR count). The van der Waals surface area contributed by atoms with Gasteiger partial charge in [0.1, 0.15) is 18.9 Å². The molecule has 1 aromatic carbocycles. The first-order valence-electron chi connectivity index (χ1n) is 7.21. The fourth-order valence-corrected chi connectivity index (χ4v) is 1.83. The third-order valence-corrected chi connectivity index (χ3v) is 2.99. The van der Waals surface area contributed by atoms with Gasteiger partial charge in [0.05, 0.1) is 12.8 Å².